The molecule has 2 aliphatic heterocycles. The van der Waals surface area contributed by atoms with Gasteiger partial charge < -0.3 is 20.0 Å². The minimum absolute atomic E-state index is 0.0760. The Bertz CT molecular complexity index is 2210. The van der Waals surface area contributed by atoms with Gasteiger partial charge in [0.05, 0.1) is 26.8 Å². The number of aromatic amines is 2. The van der Waals surface area contributed by atoms with Gasteiger partial charge in [-0.3, -0.25) is 4.90 Å². The summed E-state index contributed by atoms with van der Waals surface area (Å²) < 4.78 is 5.50. The molecule has 1 aliphatic carbocycles. The van der Waals surface area contributed by atoms with Crippen LogP contribution in [0.4, 0.5) is 16.2 Å². The minimum Gasteiger partial charge on any atom is -0.446 e. The zero-order valence-corrected chi connectivity index (χ0v) is 29.5. The molecule has 2 aromatic carbocycles. The Morgan fingerprint density at radius 1 is 0.820 bits per heavy atom. The zero-order valence-electron chi connectivity index (χ0n) is 28.0. The van der Waals surface area contributed by atoms with Gasteiger partial charge in [-0.25, -0.2) is 24.7 Å². The summed E-state index contributed by atoms with van der Waals surface area (Å²) in [5.74, 6) is 2.05. The lowest BCUT2D eigenvalue weighted by Gasteiger charge is -2.29. The third-order valence-corrected chi connectivity index (χ3v) is 10.2. The number of carbonyl (C=O) groups excluding carboxylic acids is 1. The van der Waals surface area contributed by atoms with E-state index in [2.05, 4.69) is 79.4 Å². The van der Waals surface area contributed by atoms with Gasteiger partial charge in [-0.15, -0.1) is 0 Å². The predicted molar refractivity (Wildman–Crippen MR) is 198 cm³/mol. The van der Waals surface area contributed by atoms with Crippen molar-refractivity contribution in [2.24, 2.45) is 0 Å². The van der Waals surface area contributed by atoms with Crippen LogP contribution >= 0.6 is 23.2 Å². The first kappa shape index (κ1) is 32.5. The van der Waals surface area contributed by atoms with Gasteiger partial charge in [0, 0.05) is 43.0 Å². The maximum atomic E-state index is 12.4. The molecule has 3 aliphatic rings. The van der Waals surface area contributed by atoms with Crippen LogP contribution in [0.1, 0.15) is 85.3 Å². The first-order chi connectivity index (χ1) is 24.3. The van der Waals surface area contributed by atoms with Crippen LogP contribution in [0.15, 0.2) is 60.9 Å². The van der Waals surface area contributed by atoms with Crippen LogP contribution in [0.25, 0.3) is 22.3 Å². The van der Waals surface area contributed by atoms with E-state index in [1.807, 2.05) is 18.2 Å². The number of nitrogens with one attached hydrogen (secondary N) is 3. The molecule has 0 spiro atoms. The van der Waals surface area contributed by atoms with Crippen LogP contribution in [0.2, 0.25) is 10.0 Å². The van der Waals surface area contributed by atoms with E-state index in [0.29, 0.717) is 27.9 Å². The summed E-state index contributed by atoms with van der Waals surface area (Å²) in [6.07, 6.45) is 9.34. The molecule has 50 heavy (non-hydrogen) atoms. The highest BCUT2D eigenvalue weighted by atomic mass is 35.5. The number of hydrogen-bond acceptors (Lipinski definition) is 7. The summed E-state index contributed by atoms with van der Waals surface area (Å²) in [7, 11) is 0. The van der Waals surface area contributed by atoms with Crippen molar-refractivity contribution in [2.75, 3.05) is 23.3 Å². The topological polar surface area (TPSA) is 125 Å². The number of imidazole rings is 2. The lowest BCUT2D eigenvalue weighted by Crippen LogP contribution is -2.36. The number of halogens is 2. The minimum atomic E-state index is -0.218. The van der Waals surface area contributed by atoms with Crippen molar-refractivity contribution in [3.05, 3.63) is 105 Å². The number of amides is 1. The number of carbonyl (C=O) groups is 1. The third kappa shape index (κ3) is 6.74. The highest BCUT2D eigenvalue weighted by molar-refractivity contribution is 6.31. The number of anilines is 2. The standard InChI is InChI=1S/C21H21ClN4O2.C17H17ClN4/c1-12(19-24-17-10-15(22)11-23-20(17)25-19)13-4-7-18-14(9-13)3-2-8-26(18)21(27)28-16-5-6-16;1-10(11-4-5-14-12(7-11)3-2-6-19-14)16-21-15-8-13(18)9-20-17(15)22-16/h4,7,9-12,16H,2-3,5-6,8H2,1H3,(H,23,24,25);4-5,7-10,19H,2-3,6H2,1H3,(H,20,21,22). The number of aromatic nitrogens is 6. The first-order valence-electron chi connectivity index (χ1n) is 17.3. The van der Waals surface area contributed by atoms with E-state index in [-0.39, 0.29) is 24.0 Å². The molecule has 10 nitrogen and oxygen atoms in total. The van der Waals surface area contributed by atoms with Crippen molar-refractivity contribution < 1.29 is 9.53 Å². The van der Waals surface area contributed by atoms with E-state index >= 15 is 0 Å². The van der Waals surface area contributed by atoms with Gasteiger partial charge >= 0.3 is 6.09 Å². The van der Waals surface area contributed by atoms with E-state index in [1.54, 1.807) is 17.3 Å². The van der Waals surface area contributed by atoms with E-state index in [4.69, 9.17) is 27.9 Å². The monoisotopic (exact) mass is 708 g/mol. The summed E-state index contributed by atoms with van der Waals surface area (Å²) in [6.45, 7) is 6.06. The molecule has 1 fully saturated rings. The SMILES string of the molecule is CC(c1ccc2c(c1)CCCN2)c1nc2ncc(Cl)cc2[nH]1.CC(c1ccc2c(c1)CCCN2C(=O)OC1CC1)c1nc2ncc(Cl)cc2[nH]1. The van der Waals surface area contributed by atoms with Crippen molar-refractivity contribution in [1.82, 2.24) is 29.9 Å². The number of fused-ring (bicyclic) bond motifs is 4. The number of pyridine rings is 2. The third-order valence-electron chi connectivity index (χ3n) is 9.77. The van der Waals surface area contributed by atoms with Gasteiger partial charge in [-0.1, -0.05) is 61.3 Å². The molecule has 0 radical (unpaired) electrons. The van der Waals surface area contributed by atoms with Crippen molar-refractivity contribution in [1.29, 1.82) is 0 Å². The quantitative estimate of drug-likeness (QED) is 0.163. The fraction of sp³-hybridized carbons (Fsp3) is 0.342. The second-order valence-corrected chi connectivity index (χ2v) is 14.3. The smallest absolute Gasteiger partial charge is 0.414 e. The number of ether oxygens (including phenoxy) is 1. The number of nitrogens with zero attached hydrogens (tertiary/aromatic N) is 5. The highest BCUT2D eigenvalue weighted by Crippen LogP contribution is 2.34. The summed E-state index contributed by atoms with van der Waals surface area (Å²) in [4.78, 5) is 38.6. The molecule has 2 unspecified atom stereocenters. The van der Waals surface area contributed by atoms with Crippen LogP contribution in [0, 0.1) is 0 Å². The fourth-order valence-electron chi connectivity index (χ4n) is 6.74. The first-order valence-corrected chi connectivity index (χ1v) is 18.0. The van der Waals surface area contributed by atoms with Crippen molar-refractivity contribution in [3.63, 3.8) is 0 Å². The van der Waals surface area contributed by atoms with Gasteiger partial charge in [0.2, 0.25) is 0 Å². The van der Waals surface area contributed by atoms with Crippen LogP contribution in [-0.4, -0.2) is 55.2 Å². The lowest BCUT2D eigenvalue weighted by atomic mass is 9.93. The molecule has 4 aromatic heterocycles. The molecule has 256 valence electrons. The predicted octanol–water partition coefficient (Wildman–Crippen LogP) is 8.94. The number of rotatable bonds is 5. The van der Waals surface area contributed by atoms with Gasteiger partial charge in [-0.05, 0) is 85.0 Å². The average Bonchev–Trinajstić information content (AvgIpc) is 3.69. The molecule has 0 bridgehead atoms. The molecular weight excluding hydrogens is 671 g/mol. The summed E-state index contributed by atoms with van der Waals surface area (Å²) in [5.41, 5.74) is 10.3. The molecule has 1 amide bonds. The Morgan fingerprint density at radius 3 is 2.06 bits per heavy atom. The number of benzene rings is 2. The van der Waals surface area contributed by atoms with Crippen LogP contribution < -0.4 is 10.2 Å². The molecule has 0 saturated heterocycles. The van der Waals surface area contributed by atoms with E-state index < -0.39 is 0 Å². The van der Waals surface area contributed by atoms with Gasteiger partial charge in [0.1, 0.15) is 17.8 Å². The summed E-state index contributed by atoms with van der Waals surface area (Å²) in [6, 6.07) is 16.6. The molecule has 2 atom stereocenters. The summed E-state index contributed by atoms with van der Waals surface area (Å²) in [5, 5.41) is 4.65. The Kier molecular flexibility index (Phi) is 8.83. The number of aryl methyl sites for hydroxylation is 2. The molecule has 6 heterocycles. The molecule has 9 rings (SSSR count). The Morgan fingerprint density at radius 2 is 1.42 bits per heavy atom. The van der Waals surface area contributed by atoms with Crippen molar-refractivity contribution in [3.8, 4) is 0 Å². The van der Waals surface area contributed by atoms with Crippen molar-refractivity contribution in [2.45, 2.75) is 70.3 Å². The summed E-state index contributed by atoms with van der Waals surface area (Å²) >= 11 is 12.0. The van der Waals surface area contributed by atoms with E-state index in [1.165, 1.54) is 28.8 Å². The van der Waals surface area contributed by atoms with Crippen LogP contribution in [0.3, 0.4) is 0 Å². The average molecular weight is 710 g/mol. The maximum absolute atomic E-state index is 12.4. The lowest BCUT2D eigenvalue weighted by molar-refractivity contribution is 0.146. The van der Waals surface area contributed by atoms with E-state index in [9.17, 15) is 4.79 Å². The number of H-pyrrole nitrogens is 2. The molecular formula is C38H38Cl2N8O2. The fourth-order valence-corrected chi connectivity index (χ4v) is 7.06. The highest BCUT2D eigenvalue weighted by Gasteiger charge is 2.31. The zero-order chi connectivity index (χ0) is 34.4. The van der Waals surface area contributed by atoms with Gasteiger partial charge in [0.15, 0.2) is 11.3 Å². The van der Waals surface area contributed by atoms with Crippen molar-refractivity contribution >= 4 is 63.0 Å². The Hall–Kier alpha value is -4.67. The van der Waals surface area contributed by atoms with Gasteiger partial charge in [-0.2, -0.15) is 0 Å². The molecule has 12 heteroatoms. The Balaban J connectivity index is 0.000000149. The maximum Gasteiger partial charge on any atom is 0.414 e. The second kappa shape index (κ2) is 13.6. The van der Waals surface area contributed by atoms with Gasteiger partial charge in [0.25, 0.3) is 0 Å². The van der Waals surface area contributed by atoms with Crippen LogP contribution in [0.5, 0.6) is 0 Å². The normalized spacial score (nSPS) is 16.5. The molecule has 1 saturated carbocycles. The second-order valence-electron chi connectivity index (χ2n) is 13.4. The number of hydrogen-bond donors (Lipinski definition) is 3. The largest absolute Gasteiger partial charge is 0.446 e. The van der Waals surface area contributed by atoms with Crippen LogP contribution in [-0.2, 0) is 17.6 Å². The van der Waals surface area contributed by atoms with E-state index in [0.717, 1.165) is 72.6 Å². The Labute approximate surface area is 300 Å². The molecule has 3 N–H and O–H groups in total. The molecule has 6 aromatic rings.